The van der Waals surface area contributed by atoms with Crippen LogP contribution in [-0.4, -0.2) is 9.78 Å². The quantitative estimate of drug-likeness (QED) is 0.717. The highest BCUT2D eigenvalue weighted by molar-refractivity contribution is 14.1. The lowest BCUT2D eigenvalue weighted by Gasteiger charge is -1.91. The summed E-state index contributed by atoms with van der Waals surface area (Å²) in [5, 5.41) is 3.67. The Balaban J connectivity index is 3.19. The number of rotatable bonds is 1. The van der Waals surface area contributed by atoms with Crippen molar-refractivity contribution in [2.45, 2.75) is 13.3 Å². The van der Waals surface area contributed by atoms with Gasteiger partial charge in [0.25, 0.3) is 6.43 Å². The van der Waals surface area contributed by atoms with Crippen LogP contribution in [0.2, 0.25) is 0 Å². The van der Waals surface area contributed by atoms with Gasteiger partial charge in [-0.2, -0.15) is 5.10 Å². The SMILES string of the molecule is Cc1c(I)c(C(F)F)nn1C. The maximum atomic E-state index is 12.1. The Morgan fingerprint density at radius 1 is 1.55 bits per heavy atom. The van der Waals surface area contributed by atoms with Gasteiger partial charge < -0.3 is 0 Å². The van der Waals surface area contributed by atoms with Gasteiger partial charge in [-0.25, -0.2) is 8.78 Å². The average molecular weight is 272 g/mol. The molecular weight excluding hydrogens is 265 g/mol. The molecule has 1 rings (SSSR count). The van der Waals surface area contributed by atoms with Gasteiger partial charge in [-0.05, 0) is 29.5 Å². The molecule has 0 N–H and O–H groups in total. The molecular formula is C6H7F2IN2. The Morgan fingerprint density at radius 3 is 2.27 bits per heavy atom. The van der Waals surface area contributed by atoms with E-state index in [0.29, 0.717) is 3.57 Å². The third-order valence-electron chi connectivity index (χ3n) is 1.49. The zero-order chi connectivity index (χ0) is 8.59. The number of aryl methyl sites for hydroxylation is 1. The average Bonchev–Trinajstić information content (AvgIpc) is 2.17. The van der Waals surface area contributed by atoms with Gasteiger partial charge in [0.2, 0.25) is 0 Å². The first kappa shape index (κ1) is 8.89. The van der Waals surface area contributed by atoms with Crippen LogP contribution in [-0.2, 0) is 7.05 Å². The molecule has 0 fully saturated rings. The summed E-state index contributed by atoms with van der Waals surface area (Å²) in [6.45, 7) is 1.76. The van der Waals surface area contributed by atoms with E-state index in [1.54, 1.807) is 14.0 Å². The first-order valence-corrected chi connectivity index (χ1v) is 4.09. The Bertz CT molecular complexity index is 270. The fourth-order valence-electron chi connectivity index (χ4n) is 0.747. The number of alkyl halides is 2. The van der Waals surface area contributed by atoms with Crippen LogP contribution in [0.1, 0.15) is 17.8 Å². The van der Waals surface area contributed by atoms with Gasteiger partial charge in [0.05, 0.1) is 3.57 Å². The maximum absolute atomic E-state index is 12.1. The predicted molar refractivity (Wildman–Crippen MR) is 45.6 cm³/mol. The molecule has 0 amide bonds. The second-order valence-corrected chi connectivity index (χ2v) is 3.29. The van der Waals surface area contributed by atoms with E-state index in [4.69, 9.17) is 0 Å². The summed E-state index contributed by atoms with van der Waals surface area (Å²) in [5.41, 5.74) is 0.659. The van der Waals surface area contributed by atoms with Crippen molar-refractivity contribution in [1.82, 2.24) is 9.78 Å². The van der Waals surface area contributed by atoms with E-state index in [0.717, 1.165) is 5.69 Å². The van der Waals surface area contributed by atoms with E-state index in [2.05, 4.69) is 5.10 Å². The van der Waals surface area contributed by atoms with Crippen molar-refractivity contribution >= 4 is 22.6 Å². The largest absolute Gasteiger partial charge is 0.283 e. The standard InChI is InChI=1S/C6H7F2IN2/c1-3-4(9)5(6(7)8)10-11(3)2/h6H,1-2H3. The predicted octanol–water partition coefficient (Wildman–Crippen LogP) is 2.27. The molecule has 5 heteroatoms. The van der Waals surface area contributed by atoms with Crippen LogP contribution in [0.5, 0.6) is 0 Å². The lowest BCUT2D eigenvalue weighted by atomic mass is 10.4. The van der Waals surface area contributed by atoms with Crippen LogP contribution in [0.15, 0.2) is 0 Å². The van der Waals surface area contributed by atoms with Crippen molar-refractivity contribution in [3.05, 3.63) is 15.0 Å². The topological polar surface area (TPSA) is 17.8 Å². The van der Waals surface area contributed by atoms with Crippen molar-refractivity contribution in [2.75, 3.05) is 0 Å². The second-order valence-electron chi connectivity index (χ2n) is 2.21. The van der Waals surface area contributed by atoms with Gasteiger partial charge >= 0.3 is 0 Å². The van der Waals surface area contributed by atoms with E-state index in [1.807, 2.05) is 22.6 Å². The number of aromatic nitrogens is 2. The number of hydrogen-bond acceptors (Lipinski definition) is 1. The van der Waals surface area contributed by atoms with Crippen LogP contribution in [0.4, 0.5) is 8.78 Å². The van der Waals surface area contributed by atoms with Gasteiger partial charge in [0.15, 0.2) is 0 Å². The molecule has 0 radical (unpaired) electrons. The fraction of sp³-hybridized carbons (Fsp3) is 0.500. The summed E-state index contributed by atoms with van der Waals surface area (Å²) in [7, 11) is 1.66. The minimum atomic E-state index is -2.47. The molecule has 0 unspecified atom stereocenters. The molecule has 0 bridgehead atoms. The van der Waals surface area contributed by atoms with Gasteiger partial charge in [-0.1, -0.05) is 0 Å². The Hall–Kier alpha value is -0.200. The molecule has 1 heterocycles. The van der Waals surface area contributed by atoms with Gasteiger partial charge in [0.1, 0.15) is 5.69 Å². The van der Waals surface area contributed by atoms with Crippen LogP contribution < -0.4 is 0 Å². The molecule has 0 aliphatic rings. The van der Waals surface area contributed by atoms with Crippen molar-refractivity contribution < 1.29 is 8.78 Å². The Morgan fingerprint density at radius 2 is 2.09 bits per heavy atom. The zero-order valence-electron chi connectivity index (χ0n) is 6.11. The maximum Gasteiger partial charge on any atom is 0.283 e. The molecule has 0 spiro atoms. The van der Waals surface area contributed by atoms with Crippen molar-refractivity contribution in [2.24, 2.45) is 7.05 Å². The van der Waals surface area contributed by atoms with Crippen molar-refractivity contribution in [3.8, 4) is 0 Å². The molecule has 11 heavy (non-hydrogen) atoms. The fourth-order valence-corrected chi connectivity index (χ4v) is 1.44. The number of nitrogens with zero attached hydrogens (tertiary/aromatic N) is 2. The smallest absolute Gasteiger partial charge is 0.271 e. The third-order valence-corrected chi connectivity index (χ3v) is 2.83. The van der Waals surface area contributed by atoms with E-state index in [-0.39, 0.29) is 5.69 Å². The zero-order valence-corrected chi connectivity index (χ0v) is 8.26. The van der Waals surface area contributed by atoms with Crippen LogP contribution in [0.25, 0.3) is 0 Å². The molecule has 1 aromatic heterocycles. The van der Waals surface area contributed by atoms with Crippen molar-refractivity contribution in [3.63, 3.8) is 0 Å². The van der Waals surface area contributed by atoms with Gasteiger partial charge in [0, 0.05) is 12.7 Å². The third kappa shape index (κ3) is 1.52. The second kappa shape index (κ2) is 3.04. The molecule has 2 nitrogen and oxygen atoms in total. The summed E-state index contributed by atoms with van der Waals surface area (Å²) in [4.78, 5) is 0. The molecule has 0 saturated carbocycles. The number of hydrogen-bond donors (Lipinski definition) is 0. The molecule has 1 aromatic rings. The lowest BCUT2D eigenvalue weighted by Crippen LogP contribution is -1.93. The van der Waals surface area contributed by atoms with E-state index in [1.165, 1.54) is 4.68 Å². The normalized spacial score (nSPS) is 11.1. The minimum Gasteiger partial charge on any atom is -0.271 e. The summed E-state index contributed by atoms with van der Waals surface area (Å²) >= 11 is 1.88. The van der Waals surface area contributed by atoms with Crippen LogP contribution in [0.3, 0.4) is 0 Å². The van der Waals surface area contributed by atoms with Crippen LogP contribution in [0, 0.1) is 10.5 Å². The summed E-state index contributed by atoms with van der Waals surface area (Å²) in [6.07, 6.45) is -2.47. The summed E-state index contributed by atoms with van der Waals surface area (Å²) < 4.78 is 26.3. The molecule has 0 saturated heterocycles. The molecule has 0 aliphatic carbocycles. The minimum absolute atomic E-state index is 0.120. The van der Waals surface area contributed by atoms with E-state index < -0.39 is 6.43 Å². The molecule has 0 atom stereocenters. The monoisotopic (exact) mass is 272 g/mol. The highest BCUT2D eigenvalue weighted by Crippen LogP contribution is 2.24. The van der Waals surface area contributed by atoms with Gasteiger partial charge in [-0.3, -0.25) is 4.68 Å². The highest BCUT2D eigenvalue weighted by Gasteiger charge is 2.18. The van der Waals surface area contributed by atoms with E-state index >= 15 is 0 Å². The number of halogens is 3. The Labute approximate surface area is 76.7 Å². The molecule has 0 aliphatic heterocycles. The first-order valence-electron chi connectivity index (χ1n) is 3.01. The molecule has 62 valence electrons. The van der Waals surface area contributed by atoms with Crippen LogP contribution >= 0.6 is 22.6 Å². The summed E-state index contributed by atoms with van der Waals surface area (Å²) in [5.74, 6) is 0. The van der Waals surface area contributed by atoms with Crippen molar-refractivity contribution in [1.29, 1.82) is 0 Å². The lowest BCUT2D eigenvalue weighted by molar-refractivity contribution is 0.144. The Kier molecular flexibility index (Phi) is 2.46. The summed E-state index contributed by atoms with van der Waals surface area (Å²) in [6, 6.07) is 0. The van der Waals surface area contributed by atoms with Gasteiger partial charge in [-0.15, -0.1) is 0 Å². The first-order chi connectivity index (χ1) is 5.04. The molecule has 0 aromatic carbocycles. The van der Waals surface area contributed by atoms with E-state index in [9.17, 15) is 8.78 Å². The highest BCUT2D eigenvalue weighted by atomic mass is 127.